The molecule has 0 amide bonds. The Morgan fingerprint density at radius 2 is 1.50 bits per heavy atom. The second-order valence-electron chi connectivity index (χ2n) is 6.91. The number of phosphoric ester groups is 1. The van der Waals surface area contributed by atoms with Gasteiger partial charge < -0.3 is 19.4 Å². The summed E-state index contributed by atoms with van der Waals surface area (Å²) in [6, 6.07) is 3.14. The molecule has 1 unspecified atom stereocenters. The monoisotopic (exact) mass is 314 g/mol. The van der Waals surface area contributed by atoms with Gasteiger partial charge in [-0.2, -0.15) is 0 Å². The number of phosphoric acid groups is 1. The van der Waals surface area contributed by atoms with E-state index in [1.807, 2.05) is 41.5 Å². The van der Waals surface area contributed by atoms with Gasteiger partial charge in [-0.15, -0.1) is 0 Å². The molecule has 1 rings (SSSR count). The van der Waals surface area contributed by atoms with Crippen molar-refractivity contribution in [1.82, 2.24) is 0 Å². The third kappa shape index (κ3) is 6.73. The van der Waals surface area contributed by atoms with E-state index in [2.05, 4.69) is 4.52 Å². The summed E-state index contributed by atoms with van der Waals surface area (Å²) in [5.41, 5.74) is 0.478. The molecule has 0 aliphatic rings. The Bertz CT molecular complexity index is 556. The molecule has 1 aromatic rings. The van der Waals surface area contributed by atoms with Crippen LogP contribution in [0.25, 0.3) is 0 Å². The molecule has 0 aromatic heterocycles. The summed E-state index contributed by atoms with van der Waals surface area (Å²) in [7, 11) is -5.01. The first kappa shape index (κ1) is 24.4. The molecule has 0 bridgehead atoms. The van der Waals surface area contributed by atoms with E-state index in [1.165, 1.54) is 6.07 Å². The van der Waals surface area contributed by atoms with E-state index in [9.17, 15) is 14.6 Å². The molecule has 0 saturated carbocycles. The topological polar surface area (TPSA) is 92.7 Å². The van der Waals surface area contributed by atoms with Gasteiger partial charge in [-0.3, -0.25) is 4.57 Å². The van der Waals surface area contributed by atoms with Gasteiger partial charge in [0.15, 0.2) is 0 Å². The van der Waals surface area contributed by atoms with Crippen molar-refractivity contribution >= 4 is 7.82 Å². The van der Waals surface area contributed by atoms with E-state index < -0.39 is 19.0 Å². The van der Waals surface area contributed by atoms with Crippen molar-refractivity contribution in [2.45, 2.75) is 52.4 Å². The van der Waals surface area contributed by atoms with E-state index in [4.69, 9.17) is 4.89 Å². The van der Waals surface area contributed by atoms with E-state index in [-0.39, 0.29) is 48.9 Å². The third-order valence-corrected chi connectivity index (χ3v) is 3.37. The Labute approximate surface area is 156 Å². The van der Waals surface area contributed by atoms with Crippen molar-refractivity contribution in [3.05, 3.63) is 23.3 Å². The first-order valence-electron chi connectivity index (χ1n) is 6.31. The van der Waals surface area contributed by atoms with Crippen molar-refractivity contribution in [1.29, 1.82) is 0 Å². The fourth-order valence-corrected chi connectivity index (χ4v) is 2.17. The van der Waals surface area contributed by atoms with Crippen LogP contribution in [0.2, 0.25) is 0 Å². The standard InChI is InChI=1S/C14H23O5P.2Li/c1-13(2,3)9-7-10(14(4,5)6)12(15)11(8-9)19-20(16,17)18;;/h7-8,15H,1-6H3,(H2,16,17,18);;/q;2*+1/p-2. The molecule has 114 valence electrons. The molecular formula is C14H21Li2O5P. The molecule has 0 aliphatic carbocycles. The summed E-state index contributed by atoms with van der Waals surface area (Å²) in [4.78, 5) is 19.7. The normalized spacial score (nSPS) is 14.4. The molecule has 0 aliphatic heterocycles. The van der Waals surface area contributed by atoms with E-state index >= 15 is 0 Å². The Balaban J connectivity index is 0. The molecule has 8 heteroatoms. The Hall–Kier alpha value is 0.165. The van der Waals surface area contributed by atoms with Gasteiger partial charge in [-0.1, -0.05) is 53.4 Å². The third-order valence-electron chi connectivity index (χ3n) is 2.94. The predicted octanol–water partition coefficient (Wildman–Crippen LogP) is -3.80. The second-order valence-corrected chi connectivity index (χ2v) is 8.03. The predicted molar refractivity (Wildman–Crippen MR) is 73.7 cm³/mol. The zero-order chi connectivity index (χ0) is 15.9. The first-order chi connectivity index (χ1) is 8.72. The van der Waals surface area contributed by atoms with Gasteiger partial charge in [0.1, 0.15) is 5.75 Å². The van der Waals surface area contributed by atoms with Crippen LogP contribution in [-0.4, -0.2) is 4.89 Å². The van der Waals surface area contributed by atoms with Crippen LogP contribution in [-0.2, 0) is 15.4 Å². The minimum absolute atomic E-state index is 0. The quantitative estimate of drug-likeness (QED) is 0.446. The smallest absolute Gasteiger partial charge is 0.870 e. The van der Waals surface area contributed by atoms with Crippen LogP contribution in [0, 0.1) is 0 Å². The van der Waals surface area contributed by atoms with Crippen molar-refractivity contribution in [3.8, 4) is 11.5 Å². The van der Waals surface area contributed by atoms with Crippen LogP contribution in [0.4, 0.5) is 0 Å². The summed E-state index contributed by atoms with van der Waals surface area (Å²) in [5, 5.41) is 12.3. The van der Waals surface area contributed by atoms with Gasteiger partial charge in [0.2, 0.25) is 0 Å². The molecule has 1 aromatic carbocycles. The van der Waals surface area contributed by atoms with E-state index in [0.717, 1.165) is 5.56 Å². The molecule has 0 spiro atoms. The zero-order valence-corrected chi connectivity index (χ0v) is 15.6. The first-order valence-corrected chi connectivity index (χ1v) is 7.81. The Morgan fingerprint density at radius 1 is 1.05 bits per heavy atom. The molecule has 0 radical (unpaired) electrons. The maximum atomic E-state index is 12.3. The van der Waals surface area contributed by atoms with E-state index in [0.29, 0.717) is 5.56 Å². The SMILES string of the molecule is CC(C)(C)c1cc(OP(=O)([O-])O)c([O-])c(C(C)(C)C)c1.[Li+].[Li+]. The Kier molecular flexibility index (Phi) is 8.68. The molecule has 5 nitrogen and oxygen atoms in total. The van der Waals surface area contributed by atoms with Crippen molar-refractivity contribution in [3.63, 3.8) is 0 Å². The van der Waals surface area contributed by atoms with Gasteiger partial charge in [0, 0.05) is 0 Å². The molecule has 1 atom stereocenters. The van der Waals surface area contributed by atoms with E-state index in [1.54, 1.807) is 6.07 Å². The number of rotatable bonds is 2. The molecule has 0 saturated heterocycles. The summed E-state index contributed by atoms with van der Waals surface area (Å²) in [6.07, 6.45) is 0. The summed E-state index contributed by atoms with van der Waals surface area (Å²) < 4.78 is 15.3. The Morgan fingerprint density at radius 3 is 1.82 bits per heavy atom. The largest absolute Gasteiger partial charge is 1.00 e. The summed E-state index contributed by atoms with van der Waals surface area (Å²) in [6.45, 7) is 11.4. The minimum Gasteiger partial charge on any atom is -0.870 e. The summed E-state index contributed by atoms with van der Waals surface area (Å²) in [5.74, 6) is -0.876. The molecule has 0 fully saturated rings. The van der Waals surface area contributed by atoms with Crippen LogP contribution < -0.4 is 52.2 Å². The van der Waals surface area contributed by atoms with Crippen LogP contribution >= 0.6 is 7.82 Å². The van der Waals surface area contributed by atoms with Crippen molar-refractivity contribution in [2.75, 3.05) is 0 Å². The van der Waals surface area contributed by atoms with Crippen LogP contribution in [0.15, 0.2) is 12.1 Å². The second kappa shape index (κ2) is 7.82. The molecule has 22 heavy (non-hydrogen) atoms. The zero-order valence-electron chi connectivity index (χ0n) is 14.7. The maximum Gasteiger partial charge on any atom is 1.00 e. The molecule has 1 N–H and O–H groups in total. The van der Waals surface area contributed by atoms with Crippen molar-refractivity contribution in [2.24, 2.45) is 0 Å². The number of hydrogen-bond donors (Lipinski definition) is 1. The van der Waals surface area contributed by atoms with Gasteiger partial charge in [0.25, 0.3) is 0 Å². The molecule has 0 heterocycles. The van der Waals surface area contributed by atoms with Gasteiger partial charge in [-0.25, -0.2) is 0 Å². The number of hydrogen-bond acceptors (Lipinski definition) is 4. The van der Waals surface area contributed by atoms with Crippen LogP contribution in [0.1, 0.15) is 52.7 Å². The van der Waals surface area contributed by atoms with Gasteiger partial charge in [-0.05, 0) is 28.0 Å². The molecular weight excluding hydrogens is 293 g/mol. The minimum atomic E-state index is -5.01. The maximum absolute atomic E-state index is 12.3. The van der Waals surface area contributed by atoms with Crippen molar-refractivity contribution < 1.29 is 61.7 Å². The summed E-state index contributed by atoms with van der Waals surface area (Å²) >= 11 is 0. The fourth-order valence-electron chi connectivity index (χ4n) is 1.78. The average Bonchev–Trinajstić information content (AvgIpc) is 2.15. The van der Waals surface area contributed by atoms with Crippen LogP contribution in [0.3, 0.4) is 0 Å². The average molecular weight is 314 g/mol. The van der Waals surface area contributed by atoms with Gasteiger partial charge >= 0.3 is 45.5 Å². The number of benzene rings is 1. The van der Waals surface area contributed by atoms with Gasteiger partial charge in [0.05, 0.1) is 0 Å². The fraction of sp³-hybridized carbons (Fsp3) is 0.571. The van der Waals surface area contributed by atoms with Crippen LogP contribution in [0.5, 0.6) is 11.5 Å².